The van der Waals surface area contributed by atoms with E-state index in [2.05, 4.69) is 15.0 Å². The lowest BCUT2D eigenvalue weighted by Crippen LogP contribution is -1.96. The number of carbonyl (C=O) groups excluding carboxylic acids is 1. The van der Waals surface area contributed by atoms with Crippen molar-refractivity contribution in [2.45, 2.75) is 0 Å². The summed E-state index contributed by atoms with van der Waals surface area (Å²) < 4.78 is 1.68. The minimum atomic E-state index is 0.552. The van der Waals surface area contributed by atoms with Crippen molar-refractivity contribution >= 4 is 12.4 Å². The molecule has 0 atom stereocenters. The molecule has 2 aromatic rings. The molecule has 0 spiro atoms. The van der Waals surface area contributed by atoms with Crippen LogP contribution in [0.2, 0.25) is 0 Å². The van der Waals surface area contributed by atoms with E-state index in [0.29, 0.717) is 17.9 Å². The lowest BCUT2D eigenvalue weighted by molar-refractivity contribution is -0.104. The Morgan fingerprint density at radius 2 is 2.00 bits per heavy atom. The monoisotopic (exact) mass is 200 g/mol. The molecule has 0 aliphatic rings. The van der Waals surface area contributed by atoms with Gasteiger partial charge in [0.05, 0.1) is 5.69 Å². The van der Waals surface area contributed by atoms with E-state index in [4.69, 9.17) is 0 Å². The van der Waals surface area contributed by atoms with Crippen LogP contribution in [0.3, 0.4) is 0 Å². The Labute approximate surface area is 86.1 Å². The molecule has 0 aliphatic heterocycles. The zero-order valence-corrected chi connectivity index (χ0v) is 7.82. The number of aromatic nitrogens is 4. The Morgan fingerprint density at radius 3 is 2.73 bits per heavy atom. The van der Waals surface area contributed by atoms with Gasteiger partial charge in [-0.05, 0) is 18.2 Å². The van der Waals surface area contributed by atoms with Crippen molar-refractivity contribution in [1.29, 1.82) is 0 Å². The molecule has 0 N–H and O–H groups in total. The Hall–Kier alpha value is -2.30. The van der Waals surface area contributed by atoms with Crippen LogP contribution < -0.4 is 0 Å². The number of aldehydes is 1. The highest BCUT2D eigenvalue weighted by Gasteiger charge is 1.99. The summed E-state index contributed by atoms with van der Waals surface area (Å²) in [5.41, 5.74) is 0.689. The van der Waals surface area contributed by atoms with E-state index >= 15 is 0 Å². The average Bonchev–Trinajstić information content (AvgIpc) is 2.76. The molecular formula is C10H8N4O. The average molecular weight is 200 g/mol. The van der Waals surface area contributed by atoms with Gasteiger partial charge in [-0.3, -0.25) is 9.36 Å². The zero-order valence-electron chi connectivity index (χ0n) is 7.82. The van der Waals surface area contributed by atoms with E-state index in [1.54, 1.807) is 41.6 Å². The van der Waals surface area contributed by atoms with E-state index in [-0.39, 0.29) is 0 Å². The summed E-state index contributed by atoms with van der Waals surface area (Å²) >= 11 is 0. The summed E-state index contributed by atoms with van der Waals surface area (Å²) in [7, 11) is 0. The third kappa shape index (κ3) is 2.14. The molecule has 2 rings (SSSR count). The minimum absolute atomic E-state index is 0.552. The van der Waals surface area contributed by atoms with Crippen molar-refractivity contribution in [3.63, 3.8) is 0 Å². The van der Waals surface area contributed by atoms with Crippen LogP contribution in [0.5, 0.6) is 0 Å². The number of allylic oxidation sites excluding steroid dienone is 1. The van der Waals surface area contributed by atoms with Gasteiger partial charge in [-0.15, -0.1) is 0 Å². The molecule has 0 amide bonds. The highest BCUT2D eigenvalue weighted by atomic mass is 16.1. The lowest BCUT2D eigenvalue weighted by atomic mass is 10.4. The van der Waals surface area contributed by atoms with Gasteiger partial charge in [0.1, 0.15) is 12.6 Å². The van der Waals surface area contributed by atoms with E-state index in [0.717, 1.165) is 0 Å². The molecule has 5 nitrogen and oxygen atoms in total. The van der Waals surface area contributed by atoms with Gasteiger partial charge in [0.15, 0.2) is 0 Å². The van der Waals surface area contributed by atoms with E-state index in [1.807, 2.05) is 0 Å². The van der Waals surface area contributed by atoms with Gasteiger partial charge in [0.2, 0.25) is 5.95 Å². The van der Waals surface area contributed by atoms with Crippen LogP contribution in [0.15, 0.2) is 37.1 Å². The normalized spacial score (nSPS) is 10.7. The molecule has 15 heavy (non-hydrogen) atoms. The predicted molar refractivity (Wildman–Crippen MR) is 54.3 cm³/mol. The molecule has 0 bridgehead atoms. The van der Waals surface area contributed by atoms with E-state index in [9.17, 15) is 4.79 Å². The van der Waals surface area contributed by atoms with E-state index < -0.39 is 0 Å². The smallest absolute Gasteiger partial charge is 0.234 e. The van der Waals surface area contributed by atoms with Crippen LogP contribution in [0.4, 0.5) is 0 Å². The van der Waals surface area contributed by atoms with Crippen molar-refractivity contribution in [3.05, 3.63) is 42.8 Å². The first-order valence-corrected chi connectivity index (χ1v) is 4.33. The number of imidazole rings is 1. The number of rotatable bonds is 3. The molecule has 0 aliphatic carbocycles. The van der Waals surface area contributed by atoms with Crippen molar-refractivity contribution in [2.75, 3.05) is 0 Å². The second kappa shape index (κ2) is 4.28. The standard InChI is InChI=1S/C10H8N4O/c15-6-1-3-9-7-14(8-13-9)10-11-4-2-5-12-10/h1-8H. The second-order valence-electron chi connectivity index (χ2n) is 2.75. The fourth-order valence-electron chi connectivity index (χ4n) is 1.10. The van der Waals surface area contributed by atoms with Crippen LogP contribution in [-0.2, 0) is 4.79 Å². The molecule has 74 valence electrons. The summed E-state index contributed by atoms with van der Waals surface area (Å²) in [4.78, 5) is 22.3. The maximum atomic E-state index is 10.1. The van der Waals surface area contributed by atoms with Crippen LogP contribution in [0, 0.1) is 0 Å². The van der Waals surface area contributed by atoms with Gasteiger partial charge < -0.3 is 0 Å². The molecule has 0 radical (unpaired) electrons. The number of hydrogen-bond donors (Lipinski definition) is 0. The van der Waals surface area contributed by atoms with Crippen LogP contribution >= 0.6 is 0 Å². The first-order chi connectivity index (χ1) is 7.40. The summed E-state index contributed by atoms with van der Waals surface area (Å²) in [5.74, 6) is 0.552. The Bertz CT molecular complexity index is 475. The Morgan fingerprint density at radius 1 is 1.20 bits per heavy atom. The third-order valence-corrected chi connectivity index (χ3v) is 1.73. The Kier molecular flexibility index (Phi) is 2.64. The molecule has 0 saturated heterocycles. The van der Waals surface area contributed by atoms with Crippen molar-refractivity contribution < 1.29 is 4.79 Å². The van der Waals surface area contributed by atoms with E-state index in [1.165, 1.54) is 6.08 Å². The van der Waals surface area contributed by atoms with Gasteiger partial charge in [-0.1, -0.05) is 0 Å². The molecule has 0 unspecified atom stereocenters. The molecule has 5 heteroatoms. The predicted octanol–water partition coefficient (Wildman–Crippen LogP) is 0.874. The topological polar surface area (TPSA) is 60.7 Å². The summed E-state index contributed by atoms with van der Waals surface area (Å²) in [6.45, 7) is 0. The van der Waals surface area contributed by atoms with Crippen molar-refractivity contribution in [2.24, 2.45) is 0 Å². The molecule has 2 heterocycles. The SMILES string of the molecule is O=CC=Cc1cn(-c2ncccn2)cn1. The van der Waals surface area contributed by atoms with Crippen molar-refractivity contribution in [3.8, 4) is 5.95 Å². The highest BCUT2D eigenvalue weighted by molar-refractivity contribution is 5.72. The van der Waals surface area contributed by atoms with Gasteiger partial charge in [-0.25, -0.2) is 15.0 Å². The van der Waals surface area contributed by atoms with Crippen LogP contribution in [0.25, 0.3) is 12.0 Å². The summed E-state index contributed by atoms with van der Waals surface area (Å²) in [6, 6.07) is 1.74. The number of carbonyl (C=O) groups is 1. The van der Waals surface area contributed by atoms with Gasteiger partial charge in [0, 0.05) is 18.6 Å². The molecule has 0 aromatic carbocycles. The fourth-order valence-corrected chi connectivity index (χ4v) is 1.10. The molecular weight excluding hydrogens is 192 g/mol. The third-order valence-electron chi connectivity index (χ3n) is 1.73. The second-order valence-corrected chi connectivity index (χ2v) is 2.75. The summed E-state index contributed by atoms with van der Waals surface area (Å²) in [6.07, 6.45) is 10.4. The van der Waals surface area contributed by atoms with Crippen molar-refractivity contribution in [1.82, 2.24) is 19.5 Å². The zero-order chi connectivity index (χ0) is 10.5. The molecule has 2 aromatic heterocycles. The number of hydrogen-bond acceptors (Lipinski definition) is 4. The van der Waals surface area contributed by atoms with Crippen LogP contribution in [0.1, 0.15) is 5.69 Å². The van der Waals surface area contributed by atoms with Crippen LogP contribution in [-0.4, -0.2) is 25.8 Å². The Balaban J connectivity index is 2.28. The fraction of sp³-hybridized carbons (Fsp3) is 0. The quantitative estimate of drug-likeness (QED) is 0.545. The molecule has 0 fully saturated rings. The molecule has 0 saturated carbocycles. The maximum Gasteiger partial charge on any atom is 0.234 e. The maximum absolute atomic E-state index is 10.1. The highest BCUT2D eigenvalue weighted by Crippen LogP contribution is 2.03. The minimum Gasteiger partial charge on any atom is -0.299 e. The lowest BCUT2D eigenvalue weighted by Gasteiger charge is -1.95. The van der Waals surface area contributed by atoms with Gasteiger partial charge in [-0.2, -0.15) is 0 Å². The first-order valence-electron chi connectivity index (χ1n) is 4.33. The van der Waals surface area contributed by atoms with Gasteiger partial charge >= 0.3 is 0 Å². The largest absolute Gasteiger partial charge is 0.299 e. The number of nitrogens with zero attached hydrogens (tertiary/aromatic N) is 4. The summed E-state index contributed by atoms with van der Waals surface area (Å²) in [5, 5.41) is 0. The van der Waals surface area contributed by atoms with Gasteiger partial charge in [0.25, 0.3) is 0 Å². The first kappa shape index (κ1) is 9.26.